The lowest BCUT2D eigenvalue weighted by molar-refractivity contribution is 0.335. The molecule has 0 amide bonds. The van der Waals surface area contributed by atoms with Gasteiger partial charge in [0.05, 0.1) is 0 Å². The highest BCUT2D eigenvalue weighted by molar-refractivity contribution is 6.77. The van der Waals surface area contributed by atoms with Crippen molar-refractivity contribution in [1.82, 2.24) is 0 Å². The largest absolute Gasteiger partial charge is 0.435 e. The summed E-state index contributed by atoms with van der Waals surface area (Å²) >= 11 is 0. The Bertz CT molecular complexity index is 187. The normalized spacial score (nSPS) is 13.9. The van der Waals surface area contributed by atoms with Crippen LogP contribution in [-0.4, -0.2) is 22.4 Å². The fourth-order valence-corrected chi connectivity index (χ4v) is 9.94. The molecule has 0 rings (SSSR count). The van der Waals surface area contributed by atoms with Crippen molar-refractivity contribution in [2.45, 2.75) is 77.6 Å². The summed E-state index contributed by atoms with van der Waals surface area (Å²) in [5.41, 5.74) is 1.65. The molecule has 97 valence electrons. The number of hydrogen-bond donors (Lipinski definition) is 1. The summed E-state index contributed by atoms with van der Waals surface area (Å²) in [4.78, 5) is 10.8. The zero-order valence-electron chi connectivity index (χ0n) is 12.2. The third kappa shape index (κ3) is 3.98. The monoisotopic (exact) mass is 261 g/mol. The van der Waals surface area contributed by atoms with Gasteiger partial charge in [-0.05, 0) is 22.2 Å². The highest BCUT2D eigenvalue weighted by atomic mass is 28.4. The first-order valence-electron chi connectivity index (χ1n) is 6.41. The Morgan fingerprint density at radius 2 is 1.12 bits per heavy atom. The van der Waals surface area contributed by atoms with E-state index >= 15 is 0 Å². The van der Waals surface area contributed by atoms with Crippen LogP contribution in [-0.2, 0) is 4.12 Å². The van der Waals surface area contributed by atoms with E-state index in [0.717, 1.165) is 0 Å². The summed E-state index contributed by atoms with van der Waals surface area (Å²) in [5, 5.41) is 0. The van der Waals surface area contributed by atoms with Crippen LogP contribution in [0.2, 0.25) is 22.2 Å². The fraction of sp³-hybridized carbons (Fsp3) is 1.00. The van der Waals surface area contributed by atoms with Gasteiger partial charge in [0.1, 0.15) is 0 Å². The smallest absolute Gasteiger partial charge is 0.330 e. The maximum Gasteiger partial charge on any atom is 0.330 e. The Labute approximate surface area is 104 Å². The molecule has 16 heavy (non-hydrogen) atoms. The highest BCUT2D eigenvalue weighted by Gasteiger charge is 2.44. The minimum absolute atomic E-state index is 0.269. The molecule has 0 saturated heterocycles. The van der Waals surface area contributed by atoms with E-state index in [9.17, 15) is 4.80 Å². The van der Waals surface area contributed by atoms with Crippen molar-refractivity contribution in [3.63, 3.8) is 0 Å². The summed E-state index contributed by atoms with van der Waals surface area (Å²) in [7, 11) is -3.46. The Kier molecular flexibility index (Phi) is 6.47. The van der Waals surface area contributed by atoms with Crippen molar-refractivity contribution in [2.75, 3.05) is 0 Å². The van der Waals surface area contributed by atoms with Crippen LogP contribution >= 0.6 is 0 Å². The molecule has 0 atom stereocenters. The van der Waals surface area contributed by atoms with Gasteiger partial charge < -0.3 is 8.91 Å². The molecule has 4 heteroatoms. The Morgan fingerprint density at radius 3 is 1.31 bits per heavy atom. The second-order valence-corrected chi connectivity index (χ2v) is 13.6. The van der Waals surface area contributed by atoms with E-state index in [-0.39, 0.29) is 11.1 Å². The number of hydrogen-bond acceptors (Lipinski definition) is 2. The van der Waals surface area contributed by atoms with Gasteiger partial charge in [-0.25, -0.2) is 0 Å². The van der Waals surface area contributed by atoms with Gasteiger partial charge in [0, 0.05) is 0 Å². The third-order valence-electron chi connectivity index (χ3n) is 3.07. The zero-order chi connectivity index (χ0) is 13.1. The molecule has 0 bridgehead atoms. The summed E-state index contributed by atoms with van der Waals surface area (Å²) < 4.78 is 6.28. The molecular formula is C12H29O2Si2. The average molecular weight is 262 g/mol. The van der Waals surface area contributed by atoms with E-state index in [0.29, 0.717) is 11.1 Å². The van der Waals surface area contributed by atoms with Crippen molar-refractivity contribution >= 4 is 17.6 Å². The molecule has 0 fully saturated rings. The molecule has 0 saturated carbocycles. The predicted molar refractivity (Wildman–Crippen MR) is 75.2 cm³/mol. The van der Waals surface area contributed by atoms with Crippen LogP contribution in [0.1, 0.15) is 55.4 Å². The maximum atomic E-state index is 10.8. The highest BCUT2D eigenvalue weighted by Crippen LogP contribution is 2.35. The summed E-state index contributed by atoms with van der Waals surface area (Å²) in [6, 6.07) is 0. The molecule has 0 unspecified atom stereocenters. The lowest BCUT2D eigenvalue weighted by Crippen LogP contribution is -2.50. The van der Waals surface area contributed by atoms with E-state index in [1.54, 1.807) is 0 Å². The molecule has 0 spiro atoms. The van der Waals surface area contributed by atoms with Gasteiger partial charge in [0.15, 0.2) is 0 Å². The maximum absolute atomic E-state index is 10.8. The lowest BCUT2D eigenvalue weighted by atomic mass is 10.5. The molecule has 0 aromatic heterocycles. The molecule has 2 nitrogen and oxygen atoms in total. The Morgan fingerprint density at radius 1 is 0.812 bits per heavy atom. The quantitative estimate of drug-likeness (QED) is 0.730. The van der Waals surface area contributed by atoms with Crippen LogP contribution in [0.3, 0.4) is 0 Å². The molecule has 0 aromatic rings. The van der Waals surface area contributed by atoms with Gasteiger partial charge in [-0.15, -0.1) is 0 Å². The van der Waals surface area contributed by atoms with Crippen molar-refractivity contribution in [1.29, 1.82) is 0 Å². The topological polar surface area (TPSA) is 29.5 Å². The van der Waals surface area contributed by atoms with E-state index in [4.69, 9.17) is 4.12 Å². The van der Waals surface area contributed by atoms with E-state index in [2.05, 4.69) is 55.4 Å². The van der Waals surface area contributed by atoms with Crippen molar-refractivity contribution in [2.24, 2.45) is 0 Å². The van der Waals surface area contributed by atoms with E-state index < -0.39 is 17.6 Å². The van der Waals surface area contributed by atoms with Crippen LogP contribution in [0.4, 0.5) is 0 Å². The summed E-state index contributed by atoms with van der Waals surface area (Å²) in [5.74, 6) is 0. The molecule has 0 aliphatic heterocycles. The molecule has 1 N–H and O–H groups in total. The second-order valence-electron chi connectivity index (χ2n) is 5.88. The Balaban J connectivity index is 4.86. The molecule has 0 aromatic carbocycles. The standard InChI is InChI=1S/C12H29O2Si2/c1-9(2)15(10(3)4)14-16(13,11(5)6)12(7)8/h9-13H,1-8H3. The van der Waals surface area contributed by atoms with Crippen LogP contribution in [0, 0.1) is 0 Å². The van der Waals surface area contributed by atoms with E-state index in [1.165, 1.54) is 0 Å². The first-order valence-corrected chi connectivity index (χ1v) is 9.98. The molecular weight excluding hydrogens is 232 g/mol. The lowest BCUT2D eigenvalue weighted by Gasteiger charge is -2.38. The number of rotatable bonds is 6. The van der Waals surface area contributed by atoms with Gasteiger partial charge in [0.25, 0.3) is 0 Å². The van der Waals surface area contributed by atoms with Gasteiger partial charge in [0.2, 0.25) is 9.04 Å². The van der Waals surface area contributed by atoms with Gasteiger partial charge >= 0.3 is 8.56 Å². The molecule has 1 radical (unpaired) electrons. The fourth-order valence-electron chi connectivity index (χ4n) is 1.99. The van der Waals surface area contributed by atoms with Gasteiger partial charge in [-0.2, -0.15) is 0 Å². The molecule has 0 heterocycles. The van der Waals surface area contributed by atoms with Gasteiger partial charge in [-0.3, -0.25) is 0 Å². The first-order chi connectivity index (χ1) is 7.12. The van der Waals surface area contributed by atoms with Crippen molar-refractivity contribution in [3.05, 3.63) is 0 Å². The predicted octanol–water partition coefficient (Wildman–Crippen LogP) is 4.07. The van der Waals surface area contributed by atoms with Crippen LogP contribution < -0.4 is 0 Å². The van der Waals surface area contributed by atoms with Crippen LogP contribution in [0.15, 0.2) is 0 Å². The zero-order valence-corrected chi connectivity index (χ0v) is 14.2. The van der Waals surface area contributed by atoms with Gasteiger partial charge in [-0.1, -0.05) is 55.4 Å². The summed E-state index contributed by atoms with van der Waals surface area (Å²) in [6.45, 7) is 17.2. The summed E-state index contributed by atoms with van der Waals surface area (Å²) in [6.07, 6.45) is 0. The third-order valence-corrected chi connectivity index (χ3v) is 10.9. The molecule has 0 aliphatic carbocycles. The SMILES string of the molecule is CC(C)[Si](O[Si](O)(C(C)C)C(C)C)C(C)C. The minimum Gasteiger partial charge on any atom is -0.435 e. The van der Waals surface area contributed by atoms with Crippen molar-refractivity contribution < 1.29 is 8.91 Å². The van der Waals surface area contributed by atoms with Crippen LogP contribution in [0.5, 0.6) is 0 Å². The van der Waals surface area contributed by atoms with Crippen LogP contribution in [0.25, 0.3) is 0 Å². The Hall–Kier alpha value is 0.354. The van der Waals surface area contributed by atoms with E-state index in [1.807, 2.05) is 0 Å². The molecule has 0 aliphatic rings. The minimum atomic E-state index is -2.55. The van der Waals surface area contributed by atoms with Crippen molar-refractivity contribution in [3.8, 4) is 0 Å². The average Bonchev–Trinajstić information content (AvgIpc) is 2.11. The second kappa shape index (κ2) is 6.33. The first kappa shape index (κ1) is 16.4.